The molecule has 2 N–H and O–H groups in total. The molecule has 0 aromatic carbocycles. The standard InChI is InChI=1S/C11H18O2/c1-8(2)10-4-7(12)9(3,13)11(8,5-10)6-10/h7,12-13H,4-6H2,1-3H3/t7-,9-,10?,11?/m1/s1. The molecule has 0 heterocycles. The van der Waals surface area contributed by atoms with Crippen molar-refractivity contribution in [3.05, 3.63) is 0 Å². The normalized spacial score (nSPS) is 66.7. The molecule has 6 fully saturated rings. The molecule has 2 heteroatoms. The van der Waals surface area contributed by atoms with Crippen molar-refractivity contribution in [2.45, 2.75) is 51.7 Å². The van der Waals surface area contributed by atoms with Crippen LogP contribution in [0.1, 0.15) is 40.0 Å². The van der Waals surface area contributed by atoms with Gasteiger partial charge in [0.25, 0.3) is 0 Å². The lowest BCUT2D eigenvalue weighted by atomic mass is 9.15. The van der Waals surface area contributed by atoms with Crippen LogP contribution in [-0.4, -0.2) is 21.9 Å². The highest BCUT2D eigenvalue weighted by atomic mass is 16.3. The van der Waals surface area contributed by atoms with E-state index in [0.29, 0.717) is 5.41 Å². The average molecular weight is 182 g/mol. The Hall–Kier alpha value is -0.0800. The van der Waals surface area contributed by atoms with Crippen molar-refractivity contribution in [3.8, 4) is 0 Å². The smallest absolute Gasteiger partial charge is 0.0939 e. The quantitative estimate of drug-likeness (QED) is 0.593. The first-order valence-electron chi connectivity index (χ1n) is 5.20. The Morgan fingerprint density at radius 1 is 1.15 bits per heavy atom. The van der Waals surface area contributed by atoms with Crippen molar-refractivity contribution < 1.29 is 10.2 Å². The minimum absolute atomic E-state index is 0.0255. The fourth-order valence-electron chi connectivity index (χ4n) is 4.56. The van der Waals surface area contributed by atoms with Crippen LogP contribution in [-0.2, 0) is 0 Å². The summed E-state index contributed by atoms with van der Waals surface area (Å²) in [5.74, 6) is 0. The van der Waals surface area contributed by atoms with Gasteiger partial charge in [-0.05, 0) is 37.0 Å². The van der Waals surface area contributed by atoms with Crippen LogP contribution in [0.15, 0.2) is 0 Å². The summed E-state index contributed by atoms with van der Waals surface area (Å²) < 4.78 is 0. The van der Waals surface area contributed by atoms with Crippen LogP contribution >= 0.6 is 0 Å². The van der Waals surface area contributed by atoms with Crippen LogP contribution in [0.4, 0.5) is 0 Å². The second-order valence-electron chi connectivity index (χ2n) is 6.21. The first-order valence-corrected chi connectivity index (χ1v) is 5.20. The zero-order chi connectivity index (χ0) is 9.70. The lowest BCUT2D eigenvalue weighted by Crippen LogP contribution is -2.88. The molecule has 0 saturated heterocycles. The van der Waals surface area contributed by atoms with E-state index in [1.54, 1.807) is 0 Å². The van der Waals surface area contributed by atoms with E-state index in [9.17, 15) is 10.2 Å². The molecule has 6 rings (SSSR count). The molecule has 2 atom stereocenters. The molecule has 6 aliphatic carbocycles. The van der Waals surface area contributed by atoms with Crippen LogP contribution in [0.25, 0.3) is 0 Å². The predicted molar refractivity (Wildman–Crippen MR) is 49.1 cm³/mol. The van der Waals surface area contributed by atoms with E-state index in [4.69, 9.17) is 0 Å². The van der Waals surface area contributed by atoms with Crippen molar-refractivity contribution in [1.29, 1.82) is 0 Å². The molecule has 2 nitrogen and oxygen atoms in total. The average Bonchev–Trinajstić information content (AvgIpc) is 1.92. The molecular weight excluding hydrogens is 164 g/mol. The molecular formula is C11H18O2. The van der Waals surface area contributed by atoms with Gasteiger partial charge in [0.2, 0.25) is 0 Å². The Labute approximate surface area is 79.0 Å². The zero-order valence-electron chi connectivity index (χ0n) is 8.59. The molecule has 0 radical (unpaired) electrons. The second kappa shape index (κ2) is 1.59. The van der Waals surface area contributed by atoms with Gasteiger partial charge in [-0.15, -0.1) is 0 Å². The van der Waals surface area contributed by atoms with Crippen LogP contribution < -0.4 is 0 Å². The Morgan fingerprint density at radius 2 is 1.69 bits per heavy atom. The van der Waals surface area contributed by atoms with Gasteiger partial charge in [0.05, 0.1) is 11.7 Å². The third-order valence-corrected chi connectivity index (χ3v) is 6.00. The summed E-state index contributed by atoms with van der Waals surface area (Å²) in [4.78, 5) is 0. The largest absolute Gasteiger partial charge is 0.390 e. The van der Waals surface area contributed by atoms with Crippen molar-refractivity contribution in [1.82, 2.24) is 0 Å². The van der Waals surface area contributed by atoms with Crippen LogP contribution in [0.5, 0.6) is 0 Å². The zero-order valence-corrected chi connectivity index (χ0v) is 8.59. The molecule has 0 unspecified atom stereocenters. The SMILES string of the molecule is CC1(C)C23C[C@@H](O)[C@@](C)(O)C1(C2)C3. The van der Waals surface area contributed by atoms with Gasteiger partial charge in [-0.25, -0.2) is 0 Å². The molecule has 0 aromatic heterocycles. The Morgan fingerprint density at radius 3 is 2.00 bits per heavy atom. The number of aliphatic hydroxyl groups is 2. The highest BCUT2D eigenvalue weighted by Crippen LogP contribution is 2.91. The third kappa shape index (κ3) is 0.471. The minimum Gasteiger partial charge on any atom is -0.390 e. The van der Waals surface area contributed by atoms with Crippen molar-refractivity contribution in [3.63, 3.8) is 0 Å². The van der Waals surface area contributed by atoms with Gasteiger partial charge in [0, 0.05) is 5.41 Å². The molecule has 0 amide bonds. The topological polar surface area (TPSA) is 40.5 Å². The third-order valence-electron chi connectivity index (χ3n) is 6.00. The monoisotopic (exact) mass is 182 g/mol. The van der Waals surface area contributed by atoms with Gasteiger partial charge >= 0.3 is 0 Å². The summed E-state index contributed by atoms with van der Waals surface area (Å²) in [5, 5.41) is 20.1. The highest BCUT2D eigenvalue weighted by molar-refractivity contribution is 5.37. The molecule has 6 aliphatic rings. The highest BCUT2D eigenvalue weighted by Gasteiger charge is 2.88. The maximum absolute atomic E-state index is 10.3. The van der Waals surface area contributed by atoms with E-state index >= 15 is 0 Å². The summed E-state index contributed by atoms with van der Waals surface area (Å²) in [7, 11) is 0. The van der Waals surface area contributed by atoms with Gasteiger partial charge in [-0.1, -0.05) is 13.8 Å². The van der Waals surface area contributed by atoms with Gasteiger partial charge in [0.1, 0.15) is 0 Å². The van der Waals surface area contributed by atoms with E-state index in [0.717, 1.165) is 19.3 Å². The van der Waals surface area contributed by atoms with E-state index < -0.39 is 11.7 Å². The Bertz CT molecular complexity index is 284. The predicted octanol–water partition coefficient (Wildman–Crippen LogP) is 1.31. The molecule has 74 valence electrons. The van der Waals surface area contributed by atoms with Crippen molar-refractivity contribution in [2.24, 2.45) is 16.2 Å². The molecule has 2 bridgehead atoms. The van der Waals surface area contributed by atoms with Crippen LogP contribution in [0.3, 0.4) is 0 Å². The summed E-state index contributed by atoms with van der Waals surface area (Å²) in [6.07, 6.45) is 2.58. The van der Waals surface area contributed by atoms with Gasteiger partial charge < -0.3 is 10.2 Å². The molecule has 0 spiro atoms. The fourth-order valence-corrected chi connectivity index (χ4v) is 4.56. The molecule has 13 heavy (non-hydrogen) atoms. The molecule has 0 aliphatic heterocycles. The summed E-state index contributed by atoms with van der Waals surface area (Å²) >= 11 is 0. The molecule has 6 saturated carbocycles. The van der Waals surface area contributed by atoms with E-state index in [1.165, 1.54) is 0 Å². The first-order chi connectivity index (χ1) is 5.79. The number of hydrogen-bond donors (Lipinski definition) is 2. The van der Waals surface area contributed by atoms with Crippen LogP contribution in [0.2, 0.25) is 0 Å². The van der Waals surface area contributed by atoms with E-state index in [1.807, 2.05) is 6.92 Å². The van der Waals surface area contributed by atoms with Crippen LogP contribution in [0, 0.1) is 16.2 Å². The van der Waals surface area contributed by atoms with E-state index in [2.05, 4.69) is 13.8 Å². The Kier molecular flexibility index (Phi) is 1.01. The maximum atomic E-state index is 10.3. The van der Waals surface area contributed by atoms with Gasteiger partial charge in [-0.2, -0.15) is 0 Å². The number of hydrogen-bond acceptors (Lipinski definition) is 2. The maximum Gasteiger partial charge on any atom is 0.0939 e. The lowest BCUT2D eigenvalue weighted by molar-refractivity contribution is -0.453. The van der Waals surface area contributed by atoms with Gasteiger partial charge in [0.15, 0.2) is 0 Å². The van der Waals surface area contributed by atoms with E-state index in [-0.39, 0.29) is 10.8 Å². The first kappa shape index (κ1) is 8.25. The summed E-state index contributed by atoms with van der Waals surface area (Å²) in [6, 6.07) is 0. The summed E-state index contributed by atoms with van der Waals surface area (Å²) in [6.45, 7) is 6.32. The Balaban J connectivity index is 2.10. The minimum atomic E-state index is -0.851. The van der Waals surface area contributed by atoms with Crippen molar-refractivity contribution >= 4 is 0 Å². The fraction of sp³-hybridized carbons (Fsp3) is 1.00. The lowest BCUT2D eigenvalue weighted by Gasteiger charge is -2.90. The van der Waals surface area contributed by atoms with Gasteiger partial charge in [-0.3, -0.25) is 0 Å². The number of aliphatic hydroxyl groups excluding tert-OH is 1. The molecule has 0 aromatic rings. The van der Waals surface area contributed by atoms with Crippen molar-refractivity contribution in [2.75, 3.05) is 0 Å². The number of rotatable bonds is 0. The summed E-state index contributed by atoms with van der Waals surface area (Å²) in [5.41, 5.74) is -0.203. The second-order valence-corrected chi connectivity index (χ2v) is 6.21.